The minimum Gasteiger partial charge on any atom is -0.383 e. The van der Waals surface area contributed by atoms with Crippen LogP contribution in [0.2, 0.25) is 0 Å². The Hall–Kier alpha value is -2.08. The van der Waals surface area contributed by atoms with Crippen LogP contribution in [0.5, 0.6) is 0 Å². The molecule has 6 heteroatoms. The molecule has 0 saturated heterocycles. The fourth-order valence-electron chi connectivity index (χ4n) is 1.63. The quantitative estimate of drug-likeness (QED) is 0.727. The fourth-order valence-corrected chi connectivity index (χ4v) is 2.55. The van der Waals surface area contributed by atoms with Gasteiger partial charge in [-0.2, -0.15) is 0 Å². The summed E-state index contributed by atoms with van der Waals surface area (Å²) in [6, 6.07) is 9.68. The third-order valence-electron chi connectivity index (χ3n) is 2.57. The van der Waals surface area contributed by atoms with Gasteiger partial charge < -0.3 is 5.73 Å². The summed E-state index contributed by atoms with van der Waals surface area (Å²) in [5.74, 6) is 1.30. The second-order valence-corrected chi connectivity index (χ2v) is 4.69. The van der Waals surface area contributed by atoms with Crippen LogP contribution in [-0.4, -0.2) is 19.6 Å². The number of hydrogen-bond donors (Lipinski definition) is 1. The monoisotopic (exact) mass is 257 g/mol. The van der Waals surface area contributed by atoms with Gasteiger partial charge in [-0.15, -0.1) is 10.2 Å². The standard InChI is InChI=1S/C12H11N5S/c13-11-9(4-3-6-14-11)8-18-12-16-15-10-5-1-2-7-17(10)12/h1-7H,8H2,(H2,13,14). The Balaban J connectivity index is 1.83. The first-order chi connectivity index (χ1) is 8.84. The van der Waals surface area contributed by atoms with E-state index in [1.165, 1.54) is 0 Å². The highest BCUT2D eigenvalue weighted by atomic mass is 32.2. The van der Waals surface area contributed by atoms with Gasteiger partial charge in [-0.05, 0) is 18.2 Å². The molecule has 0 amide bonds. The van der Waals surface area contributed by atoms with Gasteiger partial charge in [-0.25, -0.2) is 4.98 Å². The molecule has 18 heavy (non-hydrogen) atoms. The molecule has 5 nitrogen and oxygen atoms in total. The van der Waals surface area contributed by atoms with E-state index in [-0.39, 0.29) is 0 Å². The van der Waals surface area contributed by atoms with Crippen LogP contribution in [0.15, 0.2) is 47.9 Å². The fraction of sp³-hybridized carbons (Fsp3) is 0.0833. The number of fused-ring (bicyclic) bond motifs is 1. The Morgan fingerprint density at radius 3 is 3.00 bits per heavy atom. The Bertz CT molecular complexity index is 679. The molecule has 3 aromatic heterocycles. The Labute approximate surface area is 108 Å². The number of anilines is 1. The zero-order valence-corrected chi connectivity index (χ0v) is 10.3. The lowest BCUT2D eigenvalue weighted by Gasteiger charge is -2.02. The molecule has 0 aliphatic rings. The summed E-state index contributed by atoms with van der Waals surface area (Å²) in [7, 11) is 0. The Kier molecular flexibility index (Phi) is 2.85. The van der Waals surface area contributed by atoms with E-state index in [2.05, 4.69) is 15.2 Å². The third kappa shape index (κ3) is 2.02. The lowest BCUT2D eigenvalue weighted by atomic mass is 10.3. The summed E-state index contributed by atoms with van der Waals surface area (Å²) in [5, 5.41) is 9.11. The largest absolute Gasteiger partial charge is 0.383 e. The van der Waals surface area contributed by atoms with E-state index in [0.29, 0.717) is 5.82 Å². The third-order valence-corrected chi connectivity index (χ3v) is 3.56. The summed E-state index contributed by atoms with van der Waals surface area (Å²) in [6.07, 6.45) is 3.64. The summed E-state index contributed by atoms with van der Waals surface area (Å²) in [4.78, 5) is 4.06. The van der Waals surface area contributed by atoms with Gasteiger partial charge in [0.1, 0.15) is 5.82 Å². The smallest absolute Gasteiger partial charge is 0.195 e. The van der Waals surface area contributed by atoms with Gasteiger partial charge >= 0.3 is 0 Å². The minimum atomic E-state index is 0.568. The van der Waals surface area contributed by atoms with Crippen molar-refractivity contribution in [2.24, 2.45) is 0 Å². The normalized spacial score (nSPS) is 10.9. The maximum Gasteiger partial charge on any atom is 0.195 e. The molecule has 0 aromatic carbocycles. The van der Waals surface area contributed by atoms with Crippen molar-refractivity contribution in [2.75, 3.05) is 5.73 Å². The summed E-state index contributed by atoms with van der Waals surface area (Å²) in [5.41, 5.74) is 7.66. The predicted octanol–water partition coefficient (Wildman–Crippen LogP) is 2.00. The molecule has 90 valence electrons. The average Bonchev–Trinajstić information content (AvgIpc) is 2.81. The molecule has 0 atom stereocenters. The van der Waals surface area contributed by atoms with Crippen molar-refractivity contribution < 1.29 is 0 Å². The maximum absolute atomic E-state index is 5.81. The first-order valence-corrected chi connectivity index (χ1v) is 6.45. The molecule has 0 aliphatic carbocycles. The Morgan fingerprint density at radius 2 is 2.11 bits per heavy atom. The molecule has 0 radical (unpaired) electrons. The van der Waals surface area contributed by atoms with Crippen LogP contribution < -0.4 is 5.73 Å². The zero-order valence-electron chi connectivity index (χ0n) is 9.52. The number of nitrogens with two attached hydrogens (primary N) is 1. The molecule has 0 unspecified atom stereocenters. The highest BCUT2D eigenvalue weighted by molar-refractivity contribution is 7.98. The second kappa shape index (κ2) is 4.66. The van der Waals surface area contributed by atoms with Gasteiger partial charge in [0.15, 0.2) is 10.8 Å². The van der Waals surface area contributed by atoms with Crippen LogP contribution in [0.1, 0.15) is 5.56 Å². The van der Waals surface area contributed by atoms with Crippen molar-refractivity contribution in [1.82, 2.24) is 19.6 Å². The number of hydrogen-bond acceptors (Lipinski definition) is 5. The van der Waals surface area contributed by atoms with Crippen LogP contribution in [0.3, 0.4) is 0 Å². The van der Waals surface area contributed by atoms with Crippen LogP contribution in [0.4, 0.5) is 5.82 Å². The van der Waals surface area contributed by atoms with Crippen LogP contribution >= 0.6 is 11.8 Å². The van der Waals surface area contributed by atoms with Gasteiger partial charge in [0.25, 0.3) is 0 Å². The van der Waals surface area contributed by atoms with E-state index in [1.54, 1.807) is 18.0 Å². The molecular weight excluding hydrogens is 246 g/mol. The van der Waals surface area contributed by atoms with Crippen molar-refractivity contribution >= 4 is 23.2 Å². The lowest BCUT2D eigenvalue weighted by Crippen LogP contribution is -1.95. The predicted molar refractivity (Wildman–Crippen MR) is 71.2 cm³/mol. The second-order valence-electron chi connectivity index (χ2n) is 3.75. The number of thioether (sulfide) groups is 1. The topological polar surface area (TPSA) is 69.1 Å². The highest BCUT2D eigenvalue weighted by Gasteiger charge is 2.06. The van der Waals surface area contributed by atoms with Gasteiger partial charge in [0.05, 0.1) is 0 Å². The van der Waals surface area contributed by atoms with E-state index in [9.17, 15) is 0 Å². The van der Waals surface area contributed by atoms with Crippen LogP contribution in [-0.2, 0) is 5.75 Å². The van der Waals surface area contributed by atoms with Gasteiger partial charge in [-0.3, -0.25) is 4.40 Å². The molecule has 0 spiro atoms. The summed E-state index contributed by atoms with van der Waals surface area (Å²) >= 11 is 1.59. The molecule has 3 aromatic rings. The van der Waals surface area contributed by atoms with Crippen molar-refractivity contribution in [3.8, 4) is 0 Å². The molecular formula is C12H11N5S. The molecule has 0 fully saturated rings. The van der Waals surface area contributed by atoms with Crippen molar-refractivity contribution in [2.45, 2.75) is 10.9 Å². The van der Waals surface area contributed by atoms with Crippen LogP contribution in [0, 0.1) is 0 Å². The number of pyridine rings is 2. The minimum absolute atomic E-state index is 0.568. The van der Waals surface area contributed by atoms with Crippen LogP contribution in [0.25, 0.3) is 5.65 Å². The SMILES string of the molecule is Nc1ncccc1CSc1nnc2ccccn12. The van der Waals surface area contributed by atoms with Crippen molar-refractivity contribution in [1.29, 1.82) is 0 Å². The summed E-state index contributed by atoms with van der Waals surface area (Å²) in [6.45, 7) is 0. The number of aromatic nitrogens is 4. The number of nitrogen functional groups attached to an aromatic ring is 1. The molecule has 3 heterocycles. The Morgan fingerprint density at radius 1 is 1.17 bits per heavy atom. The highest BCUT2D eigenvalue weighted by Crippen LogP contribution is 2.23. The van der Waals surface area contributed by atoms with E-state index < -0.39 is 0 Å². The maximum atomic E-state index is 5.81. The van der Waals surface area contributed by atoms with Gasteiger partial charge in [0.2, 0.25) is 0 Å². The van der Waals surface area contributed by atoms with E-state index in [4.69, 9.17) is 5.73 Å². The molecule has 3 rings (SSSR count). The van der Waals surface area contributed by atoms with E-state index in [1.807, 2.05) is 40.9 Å². The first-order valence-electron chi connectivity index (χ1n) is 5.46. The van der Waals surface area contributed by atoms with E-state index >= 15 is 0 Å². The van der Waals surface area contributed by atoms with Crippen molar-refractivity contribution in [3.05, 3.63) is 48.3 Å². The van der Waals surface area contributed by atoms with Gasteiger partial charge in [0, 0.05) is 23.7 Å². The van der Waals surface area contributed by atoms with Crippen molar-refractivity contribution in [3.63, 3.8) is 0 Å². The van der Waals surface area contributed by atoms with Gasteiger partial charge in [-0.1, -0.05) is 23.9 Å². The number of rotatable bonds is 3. The summed E-state index contributed by atoms with van der Waals surface area (Å²) < 4.78 is 1.96. The van der Waals surface area contributed by atoms with E-state index in [0.717, 1.165) is 22.1 Å². The molecule has 0 aliphatic heterocycles. The average molecular weight is 257 g/mol. The first kappa shape index (κ1) is 11.0. The number of nitrogens with zero attached hydrogens (tertiary/aromatic N) is 4. The molecule has 0 bridgehead atoms. The molecule has 2 N–H and O–H groups in total. The zero-order chi connectivity index (χ0) is 12.4. The lowest BCUT2D eigenvalue weighted by molar-refractivity contribution is 0.921. The molecule has 0 saturated carbocycles.